The van der Waals surface area contributed by atoms with Crippen LogP contribution in [-0.4, -0.2) is 31.3 Å². The molecule has 6 nitrogen and oxygen atoms in total. The van der Waals surface area contributed by atoms with E-state index in [0.717, 1.165) is 0 Å². The Labute approximate surface area is 85.2 Å². The first kappa shape index (κ1) is 9.32. The summed E-state index contributed by atoms with van der Waals surface area (Å²) in [6.07, 6.45) is 1.28. The Hall–Kier alpha value is -2.24. The van der Waals surface area contributed by atoms with Gasteiger partial charge in [0.2, 0.25) is 0 Å². The van der Waals surface area contributed by atoms with Crippen LogP contribution in [0.4, 0.5) is 0 Å². The minimum absolute atomic E-state index is 0.636. The van der Waals surface area contributed by atoms with Crippen LogP contribution in [0, 0.1) is 0 Å². The molecule has 0 bridgehead atoms. The summed E-state index contributed by atoms with van der Waals surface area (Å²) < 4.78 is 1.21. The maximum atomic E-state index is 11.1. The summed E-state index contributed by atoms with van der Waals surface area (Å²) in [6.45, 7) is 0. The zero-order chi connectivity index (χ0) is 10.7. The largest absolute Gasteiger partial charge is 0.479 e. The zero-order valence-corrected chi connectivity index (χ0v) is 7.69. The fourth-order valence-corrected chi connectivity index (χ4v) is 1.33. The topological polar surface area (TPSA) is 80.9 Å². The molecule has 0 amide bonds. The Morgan fingerprint density at radius 1 is 1.33 bits per heavy atom. The number of tetrazole rings is 1. The average molecular weight is 204 g/mol. The molecule has 0 unspecified atom stereocenters. The van der Waals surface area contributed by atoms with E-state index in [1.165, 1.54) is 11.0 Å². The van der Waals surface area contributed by atoms with Crippen molar-refractivity contribution in [3.05, 3.63) is 42.2 Å². The van der Waals surface area contributed by atoms with E-state index in [9.17, 15) is 4.79 Å². The Bertz CT molecular complexity index is 440. The summed E-state index contributed by atoms with van der Waals surface area (Å²) in [4.78, 5) is 11.1. The summed E-state index contributed by atoms with van der Waals surface area (Å²) in [6, 6.07) is 7.94. The molecule has 6 heteroatoms. The standard InChI is InChI=1S/C9H8N4O2/c14-9(15)8(13-6-10-11-12-13)7-4-2-1-3-5-7/h1-6,8H,(H,14,15)/t8-/m1/s1. The molecular formula is C9H8N4O2. The number of benzene rings is 1. The number of carbonyl (C=O) groups is 1. The molecule has 0 radical (unpaired) electrons. The fourth-order valence-electron chi connectivity index (χ4n) is 1.33. The van der Waals surface area contributed by atoms with Crippen LogP contribution in [0.1, 0.15) is 11.6 Å². The van der Waals surface area contributed by atoms with Gasteiger partial charge in [0.05, 0.1) is 0 Å². The van der Waals surface area contributed by atoms with E-state index in [4.69, 9.17) is 5.11 Å². The molecule has 1 atom stereocenters. The maximum Gasteiger partial charge on any atom is 0.333 e. The summed E-state index contributed by atoms with van der Waals surface area (Å²) in [7, 11) is 0. The van der Waals surface area contributed by atoms with Crippen molar-refractivity contribution in [3.63, 3.8) is 0 Å². The van der Waals surface area contributed by atoms with Crippen molar-refractivity contribution in [1.29, 1.82) is 0 Å². The number of carboxylic acids is 1. The lowest BCUT2D eigenvalue weighted by atomic mass is 10.1. The molecule has 1 N–H and O–H groups in total. The van der Waals surface area contributed by atoms with E-state index >= 15 is 0 Å². The molecule has 76 valence electrons. The van der Waals surface area contributed by atoms with Gasteiger partial charge in [-0.15, -0.1) is 5.10 Å². The SMILES string of the molecule is O=C(O)[C@@H](c1ccccc1)n1cnnn1. The highest BCUT2D eigenvalue weighted by atomic mass is 16.4. The average Bonchev–Trinajstić information content (AvgIpc) is 2.72. The summed E-state index contributed by atoms with van der Waals surface area (Å²) >= 11 is 0. The second-order valence-corrected chi connectivity index (χ2v) is 2.94. The lowest BCUT2D eigenvalue weighted by Gasteiger charge is -2.10. The molecule has 2 rings (SSSR count). The van der Waals surface area contributed by atoms with Gasteiger partial charge in [-0.3, -0.25) is 0 Å². The van der Waals surface area contributed by atoms with Crippen molar-refractivity contribution >= 4 is 5.97 Å². The highest BCUT2D eigenvalue weighted by Crippen LogP contribution is 2.16. The normalized spacial score (nSPS) is 12.3. The third kappa shape index (κ3) is 1.83. The fraction of sp³-hybridized carbons (Fsp3) is 0.111. The number of hydrogen-bond acceptors (Lipinski definition) is 4. The monoisotopic (exact) mass is 204 g/mol. The van der Waals surface area contributed by atoms with Gasteiger partial charge in [-0.05, 0) is 16.0 Å². The minimum Gasteiger partial charge on any atom is -0.479 e. The molecule has 1 aromatic carbocycles. The van der Waals surface area contributed by atoms with Crippen molar-refractivity contribution < 1.29 is 9.90 Å². The lowest BCUT2D eigenvalue weighted by Crippen LogP contribution is -2.20. The highest BCUT2D eigenvalue weighted by molar-refractivity contribution is 5.75. The van der Waals surface area contributed by atoms with Crippen LogP contribution in [0.25, 0.3) is 0 Å². The molecule has 2 aromatic rings. The smallest absolute Gasteiger partial charge is 0.333 e. The van der Waals surface area contributed by atoms with Crippen molar-refractivity contribution in [2.45, 2.75) is 6.04 Å². The first-order valence-corrected chi connectivity index (χ1v) is 4.29. The molecule has 1 heterocycles. The summed E-state index contributed by atoms with van der Waals surface area (Å²) in [5.41, 5.74) is 0.636. The van der Waals surface area contributed by atoms with E-state index in [-0.39, 0.29) is 0 Å². The van der Waals surface area contributed by atoms with Gasteiger partial charge in [-0.25, -0.2) is 9.48 Å². The van der Waals surface area contributed by atoms with Crippen LogP contribution in [0.15, 0.2) is 36.7 Å². The van der Waals surface area contributed by atoms with Crippen LogP contribution in [-0.2, 0) is 4.79 Å². The number of hydrogen-bond donors (Lipinski definition) is 1. The van der Waals surface area contributed by atoms with E-state index in [0.29, 0.717) is 5.56 Å². The van der Waals surface area contributed by atoms with E-state index in [1.54, 1.807) is 24.3 Å². The third-order valence-electron chi connectivity index (χ3n) is 1.98. The van der Waals surface area contributed by atoms with Crippen molar-refractivity contribution in [1.82, 2.24) is 20.2 Å². The van der Waals surface area contributed by atoms with Crippen LogP contribution in [0.3, 0.4) is 0 Å². The summed E-state index contributed by atoms with van der Waals surface area (Å²) in [5.74, 6) is -0.992. The predicted octanol–water partition coefficient (Wildman–Crippen LogP) is 0.347. The number of nitrogens with zero attached hydrogens (tertiary/aromatic N) is 4. The second-order valence-electron chi connectivity index (χ2n) is 2.94. The second kappa shape index (κ2) is 3.87. The molecule has 0 saturated carbocycles. The van der Waals surface area contributed by atoms with Gasteiger partial charge < -0.3 is 5.11 Å². The van der Waals surface area contributed by atoms with E-state index < -0.39 is 12.0 Å². The molecule has 15 heavy (non-hydrogen) atoms. The van der Waals surface area contributed by atoms with Crippen LogP contribution in [0.5, 0.6) is 0 Å². The predicted molar refractivity (Wildman–Crippen MR) is 50.0 cm³/mol. The molecule has 0 saturated heterocycles. The van der Waals surface area contributed by atoms with Gasteiger partial charge in [0.25, 0.3) is 0 Å². The molecule has 1 aromatic heterocycles. The van der Waals surface area contributed by atoms with Gasteiger partial charge in [0.1, 0.15) is 6.33 Å². The molecule has 0 aliphatic carbocycles. The first-order valence-electron chi connectivity index (χ1n) is 4.29. The number of rotatable bonds is 3. The first-order chi connectivity index (χ1) is 7.29. The third-order valence-corrected chi connectivity index (χ3v) is 1.98. The van der Waals surface area contributed by atoms with Crippen molar-refractivity contribution in [2.75, 3.05) is 0 Å². The van der Waals surface area contributed by atoms with Gasteiger partial charge in [0.15, 0.2) is 6.04 Å². The molecule has 0 aliphatic heterocycles. The zero-order valence-electron chi connectivity index (χ0n) is 7.69. The van der Waals surface area contributed by atoms with E-state index in [2.05, 4.69) is 15.5 Å². The Morgan fingerprint density at radius 3 is 2.60 bits per heavy atom. The number of aromatic nitrogens is 4. The Morgan fingerprint density at radius 2 is 2.07 bits per heavy atom. The molecular weight excluding hydrogens is 196 g/mol. The van der Waals surface area contributed by atoms with Crippen LogP contribution in [0.2, 0.25) is 0 Å². The Balaban J connectivity index is 2.42. The summed E-state index contributed by atoms with van der Waals surface area (Å²) in [5, 5.41) is 19.5. The Kier molecular flexibility index (Phi) is 2.40. The van der Waals surface area contributed by atoms with Crippen LogP contribution < -0.4 is 0 Å². The minimum atomic E-state index is -0.992. The molecule has 0 fully saturated rings. The lowest BCUT2D eigenvalue weighted by molar-refractivity contribution is -0.139. The molecule has 0 spiro atoms. The molecule has 0 aliphatic rings. The van der Waals surface area contributed by atoms with Gasteiger partial charge >= 0.3 is 5.97 Å². The highest BCUT2D eigenvalue weighted by Gasteiger charge is 2.22. The van der Waals surface area contributed by atoms with Gasteiger partial charge in [0, 0.05) is 0 Å². The van der Waals surface area contributed by atoms with Gasteiger partial charge in [-0.1, -0.05) is 30.3 Å². The van der Waals surface area contributed by atoms with Crippen LogP contribution >= 0.6 is 0 Å². The van der Waals surface area contributed by atoms with Crippen molar-refractivity contribution in [2.24, 2.45) is 0 Å². The van der Waals surface area contributed by atoms with E-state index in [1.807, 2.05) is 6.07 Å². The quantitative estimate of drug-likeness (QED) is 0.780. The maximum absolute atomic E-state index is 11.1. The van der Waals surface area contributed by atoms with Gasteiger partial charge in [-0.2, -0.15) is 0 Å². The van der Waals surface area contributed by atoms with Crippen molar-refractivity contribution in [3.8, 4) is 0 Å². The number of aliphatic carboxylic acids is 1. The number of carboxylic acid groups (broad SMARTS) is 1.